The van der Waals surface area contributed by atoms with Gasteiger partial charge in [-0.1, -0.05) is 31.6 Å². The number of ether oxygens (including phenoxy) is 1. The van der Waals surface area contributed by atoms with E-state index in [1.54, 1.807) is 7.11 Å². The standard InChI is InChI=1S/C18H25NO2/c1-11(2)9-13-16(18(13,4)5)17(20)19-14-10-12(3)7-8-15(14)21-6/h7-10,13,16H,1-6H3,(H,19,20). The van der Waals surface area contributed by atoms with Gasteiger partial charge in [0.2, 0.25) is 5.91 Å². The van der Waals surface area contributed by atoms with Crippen LogP contribution in [-0.4, -0.2) is 13.0 Å². The summed E-state index contributed by atoms with van der Waals surface area (Å²) >= 11 is 0. The van der Waals surface area contributed by atoms with Gasteiger partial charge in [-0.15, -0.1) is 0 Å². The van der Waals surface area contributed by atoms with Crippen molar-refractivity contribution in [3.05, 3.63) is 35.4 Å². The van der Waals surface area contributed by atoms with Crippen LogP contribution in [0.1, 0.15) is 33.3 Å². The molecular weight excluding hydrogens is 262 g/mol. The van der Waals surface area contributed by atoms with E-state index in [1.807, 2.05) is 25.1 Å². The van der Waals surface area contributed by atoms with Crippen LogP contribution in [0.15, 0.2) is 29.8 Å². The van der Waals surface area contributed by atoms with Crippen LogP contribution < -0.4 is 10.1 Å². The molecule has 0 heterocycles. The van der Waals surface area contributed by atoms with E-state index in [0.29, 0.717) is 11.7 Å². The van der Waals surface area contributed by atoms with Crippen LogP contribution in [0, 0.1) is 24.2 Å². The van der Waals surface area contributed by atoms with Crippen molar-refractivity contribution in [3.63, 3.8) is 0 Å². The van der Waals surface area contributed by atoms with E-state index in [1.165, 1.54) is 5.57 Å². The molecule has 2 atom stereocenters. The third kappa shape index (κ3) is 3.12. The van der Waals surface area contributed by atoms with Crippen molar-refractivity contribution in [2.24, 2.45) is 17.3 Å². The number of nitrogens with one attached hydrogen (secondary N) is 1. The van der Waals surface area contributed by atoms with Crippen LogP contribution in [0.25, 0.3) is 0 Å². The van der Waals surface area contributed by atoms with Gasteiger partial charge in [-0.25, -0.2) is 0 Å². The van der Waals surface area contributed by atoms with Crippen molar-refractivity contribution in [1.82, 2.24) is 0 Å². The van der Waals surface area contributed by atoms with Crippen molar-refractivity contribution in [3.8, 4) is 5.75 Å². The fraction of sp³-hybridized carbons (Fsp3) is 0.500. The Morgan fingerprint density at radius 3 is 2.57 bits per heavy atom. The summed E-state index contributed by atoms with van der Waals surface area (Å²) in [6.07, 6.45) is 2.21. The van der Waals surface area contributed by atoms with E-state index in [0.717, 1.165) is 11.3 Å². The van der Waals surface area contributed by atoms with E-state index in [2.05, 4.69) is 39.1 Å². The lowest BCUT2D eigenvalue weighted by molar-refractivity contribution is -0.118. The van der Waals surface area contributed by atoms with E-state index in [-0.39, 0.29) is 17.2 Å². The number of carbonyl (C=O) groups is 1. The molecule has 1 saturated carbocycles. The quantitative estimate of drug-likeness (QED) is 0.844. The highest BCUT2D eigenvalue weighted by atomic mass is 16.5. The normalized spacial score (nSPS) is 22.4. The molecule has 1 fully saturated rings. The molecule has 3 heteroatoms. The molecule has 0 bridgehead atoms. The van der Waals surface area contributed by atoms with Gasteiger partial charge >= 0.3 is 0 Å². The predicted octanol–water partition coefficient (Wildman–Crippen LogP) is 4.18. The summed E-state index contributed by atoms with van der Waals surface area (Å²) < 4.78 is 5.32. The smallest absolute Gasteiger partial charge is 0.228 e. The van der Waals surface area contributed by atoms with Crippen molar-refractivity contribution < 1.29 is 9.53 Å². The Bertz CT molecular complexity index is 583. The summed E-state index contributed by atoms with van der Waals surface area (Å²) in [6.45, 7) is 10.5. The van der Waals surface area contributed by atoms with Gasteiger partial charge in [-0.2, -0.15) is 0 Å². The number of amides is 1. The molecular formula is C18H25NO2. The highest BCUT2D eigenvalue weighted by Crippen LogP contribution is 2.59. The van der Waals surface area contributed by atoms with Crippen LogP contribution in [-0.2, 0) is 4.79 Å². The highest BCUT2D eigenvalue weighted by Gasteiger charge is 2.60. The van der Waals surface area contributed by atoms with Gasteiger partial charge in [0, 0.05) is 0 Å². The molecule has 1 amide bonds. The monoisotopic (exact) mass is 287 g/mol. The molecule has 1 aromatic carbocycles. The first kappa shape index (κ1) is 15.6. The molecule has 1 aliphatic rings. The van der Waals surface area contributed by atoms with Crippen LogP contribution >= 0.6 is 0 Å². The Morgan fingerprint density at radius 2 is 2.00 bits per heavy atom. The molecule has 0 aliphatic heterocycles. The second kappa shape index (κ2) is 5.55. The third-order valence-corrected chi connectivity index (χ3v) is 4.32. The molecule has 3 nitrogen and oxygen atoms in total. The number of carbonyl (C=O) groups excluding carboxylic acids is 1. The van der Waals surface area contributed by atoms with Gasteiger partial charge in [-0.05, 0) is 49.8 Å². The second-order valence-electron chi connectivity index (χ2n) is 6.76. The molecule has 2 unspecified atom stereocenters. The number of rotatable bonds is 4. The number of benzene rings is 1. The number of hydrogen-bond donors (Lipinski definition) is 1. The zero-order chi connectivity index (χ0) is 15.8. The minimum Gasteiger partial charge on any atom is -0.495 e. The Kier molecular flexibility index (Phi) is 4.13. The van der Waals surface area contributed by atoms with Crippen LogP contribution in [0.2, 0.25) is 0 Å². The molecule has 21 heavy (non-hydrogen) atoms. The number of anilines is 1. The molecule has 1 aliphatic carbocycles. The highest BCUT2D eigenvalue weighted by molar-refractivity contribution is 5.97. The summed E-state index contributed by atoms with van der Waals surface area (Å²) in [6, 6.07) is 5.81. The van der Waals surface area contributed by atoms with Crippen LogP contribution in [0.5, 0.6) is 5.75 Å². The topological polar surface area (TPSA) is 38.3 Å². The molecule has 1 N–H and O–H groups in total. The van der Waals surface area contributed by atoms with Crippen molar-refractivity contribution in [2.75, 3.05) is 12.4 Å². The molecule has 0 aromatic heterocycles. The van der Waals surface area contributed by atoms with Gasteiger partial charge in [0.1, 0.15) is 5.75 Å². The molecule has 114 valence electrons. The predicted molar refractivity (Wildman–Crippen MR) is 86.6 cm³/mol. The van der Waals surface area contributed by atoms with Gasteiger partial charge in [0.15, 0.2) is 0 Å². The summed E-state index contributed by atoms with van der Waals surface area (Å²) in [4.78, 5) is 12.6. The number of aryl methyl sites for hydroxylation is 1. The first-order chi connectivity index (χ1) is 9.77. The maximum atomic E-state index is 12.6. The minimum absolute atomic E-state index is 0.0256. The van der Waals surface area contributed by atoms with Gasteiger partial charge in [-0.3, -0.25) is 4.79 Å². The Hall–Kier alpha value is -1.77. The lowest BCUT2D eigenvalue weighted by atomic mass is 10.1. The van der Waals surface area contributed by atoms with E-state index in [4.69, 9.17) is 4.74 Å². The average Bonchev–Trinajstić information content (AvgIpc) is 2.90. The lowest BCUT2D eigenvalue weighted by Crippen LogP contribution is -2.17. The van der Waals surface area contributed by atoms with E-state index in [9.17, 15) is 4.79 Å². The van der Waals surface area contributed by atoms with Crippen molar-refractivity contribution in [1.29, 1.82) is 0 Å². The second-order valence-corrected chi connectivity index (χ2v) is 6.76. The zero-order valence-electron chi connectivity index (χ0n) is 13.8. The van der Waals surface area contributed by atoms with Crippen LogP contribution in [0.4, 0.5) is 5.69 Å². The van der Waals surface area contributed by atoms with E-state index >= 15 is 0 Å². The third-order valence-electron chi connectivity index (χ3n) is 4.32. The zero-order valence-corrected chi connectivity index (χ0v) is 13.8. The number of allylic oxidation sites excluding steroid dienone is 2. The van der Waals surface area contributed by atoms with E-state index < -0.39 is 0 Å². The first-order valence-corrected chi connectivity index (χ1v) is 7.38. The molecule has 1 aromatic rings. The summed E-state index contributed by atoms with van der Waals surface area (Å²) in [7, 11) is 1.62. The van der Waals surface area contributed by atoms with Gasteiger partial charge < -0.3 is 10.1 Å². The van der Waals surface area contributed by atoms with Crippen molar-refractivity contribution in [2.45, 2.75) is 34.6 Å². The number of hydrogen-bond acceptors (Lipinski definition) is 2. The Morgan fingerprint density at radius 1 is 1.33 bits per heavy atom. The Balaban J connectivity index is 2.16. The molecule has 0 spiro atoms. The lowest BCUT2D eigenvalue weighted by Gasteiger charge is -2.11. The fourth-order valence-electron chi connectivity index (χ4n) is 2.98. The van der Waals surface area contributed by atoms with Crippen molar-refractivity contribution >= 4 is 11.6 Å². The molecule has 0 saturated heterocycles. The minimum atomic E-state index is 0.0256. The van der Waals surface area contributed by atoms with Gasteiger partial charge in [0.05, 0.1) is 18.7 Å². The summed E-state index contributed by atoms with van der Waals surface area (Å²) in [5.74, 6) is 1.12. The summed E-state index contributed by atoms with van der Waals surface area (Å²) in [5.41, 5.74) is 3.14. The van der Waals surface area contributed by atoms with Crippen LogP contribution in [0.3, 0.4) is 0 Å². The average molecular weight is 287 g/mol. The molecule has 0 radical (unpaired) electrons. The Labute approximate surface area is 127 Å². The maximum Gasteiger partial charge on any atom is 0.228 e. The SMILES string of the molecule is COc1ccc(C)cc1NC(=O)C1C(C=C(C)C)C1(C)C. The first-order valence-electron chi connectivity index (χ1n) is 7.38. The van der Waals surface area contributed by atoms with Gasteiger partial charge in [0.25, 0.3) is 0 Å². The number of methoxy groups -OCH3 is 1. The maximum absolute atomic E-state index is 12.6. The summed E-state index contributed by atoms with van der Waals surface area (Å²) in [5, 5.41) is 3.03. The largest absolute Gasteiger partial charge is 0.495 e. The molecule has 2 rings (SSSR count). The fourth-order valence-corrected chi connectivity index (χ4v) is 2.98.